The number of amides is 1. The van der Waals surface area contributed by atoms with Gasteiger partial charge in [0.2, 0.25) is 0 Å². The first kappa shape index (κ1) is 21.6. The molecule has 0 aliphatic carbocycles. The lowest BCUT2D eigenvalue weighted by Crippen LogP contribution is -2.32. The van der Waals surface area contributed by atoms with E-state index >= 15 is 0 Å². The number of nitrogens with one attached hydrogen (secondary N) is 1. The number of carbonyl (C=O) groups excluding carboxylic acids is 1. The molecule has 0 bridgehead atoms. The Balaban J connectivity index is 1.73. The molecule has 1 unspecified atom stereocenters. The second kappa shape index (κ2) is 10.1. The zero-order valence-corrected chi connectivity index (χ0v) is 17.0. The molecule has 0 saturated carbocycles. The van der Waals surface area contributed by atoms with Gasteiger partial charge in [-0.3, -0.25) is 14.9 Å². The van der Waals surface area contributed by atoms with Gasteiger partial charge in [-0.25, -0.2) is 0 Å². The minimum absolute atomic E-state index is 0.0607. The van der Waals surface area contributed by atoms with Crippen LogP contribution >= 0.6 is 0 Å². The van der Waals surface area contributed by atoms with Crippen LogP contribution in [-0.4, -0.2) is 22.0 Å². The van der Waals surface area contributed by atoms with Gasteiger partial charge in [0.15, 0.2) is 0 Å². The van der Waals surface area contributed by atoms with Crippen LogP contribution in [0.4, 0.5) is 5.69 Å². The van der Waals surface area contributed by atoms with Crippen LogP contribution in [0.3, 0.4) is 0 Å². The maximum absolute atomic E-state index is 12.7. The molecule has 0 radical (unpaired) electrons. The van der Waals surface area contributed by atoms with Gasteiger partial charge in [-0.1, -0.05) is 42.2 Å². The SMILES string of the molecule is CC(CCc1ccccc1)NC(=O)c1ccc([N+](=O)[O-])c(C#Cc2ccc(O)cc2)c1. The number of nitrogens with zero attached hydrogens (tertiary/aromatic N) is 1. The topological polar surface area (TPSA) is 92.5 Å². The molecule has 1 atom stereocenters. The molecular weight excluding hydrogens is 392 g/mol. The molecule has 1 amide bonds. The standard InChI is InChI=1S/C25H22N2O4/c1-18(7-8-19-5-3-2-4-6-19)26-25(29)22-13-16-24(27(30)31)21(17-22)12-9-20-10-14-23(28)15-11-20/h2-6,10-11,13-18,28H,7-8H2,1H3,(H,26,29). The largest absolute Gasteiger partial charge is 0.508 e. The smallest absolute Gasteiger partial charge is 0.284 e. The Morgan fingerprint density at radius 2 is 1.77 bits per heavy atom. The molecule has 6 nitrogen and oxygen atoms in total. The fourth-order valence-corrected chi connectivity index (χ4v) is 3.03. The van der Waals surface area contributed by atoms with Crippen molar-refractivity contribution in [1.29, 1.82) is 0 Å². The third-order valence-electron chi connectivity index (χ3n) is 4.75. The Bertz CT molecular complexity index is 1130. The third-order valence-corrected chi connectivity index (χ3v) is 4.75. The van der Waals surface area contributed by atoms with Crippen LogP contribution in [0, 0.1) is 22.0 Å². The summed E-state index contributed by atoms with van der Waals surface area (Å²) in [5, 5.41) is 23.6. The van der Waals surface area contributed by atoms with Crippen LogP contribution in [0.15, 0.2) is 72.8 Å². The lowest BCUT2D eigenvalue weighted by molar-refractivity contribution is -0.385. The summed E-state index contributed by atoms with van der Waals surface area (Å²) in [7, 11) is 0. The summed E-state index contributed by atoms with van der Waals surface area (Å²) in [6.45, 7) is 1.93. The number of phenolic OH excluding ortho intramolecular Hbond substituents is 1. The molecule has 156 valence electrons. The number of phenols is 1. The molecule has 3 rings (SSSR count). The minimum atomic E-state index is -0.523. The number of aromatic hydroxyl groups is 1. The van der Waals surface area contributed by atoms with Crippen molar-refractivity contribution in [3.05, 3.63) is 105 Å². The van der Waals surface area contributed by atoms with E-state index in [9.17, 15) is 20.0 Å². The highest BCUT2D eigenvalue weighted by atomic mass is 16.6. The molecule has 0 fully saturated rings. The maximum atomic E-state index is 12.7. The molecule has 0 heterocycles. The van der Waals surface area contributed by atoms with Gasteiger partial charge >= 0.3 is 0 Å². The van der Waals surface area contributed by atoms with Crippen molar-refractivity contribution in [2.45, 2.75) is 25.8 Å². The quantitative estimate of drug-likeness (QED) is 0.354. The minimum Gasteiger partial charge on any atom is -0.508 e. The first-order valence-electron chi connectivity index (χ1n) is 9.86. The molecule has 0 aromatic heterocycles. The van der Waals surface area contributed by atoms with Crippen molar-refractivity contribution in [2.75, 3.05) is 0 Å². The van der Waals surface area contributed by atoms with Gasteiger partial charge in [0, 0.05) is 23.2 Å². The predicted molar refractivity (Wildman–Crippen MR) is 119 cm³/mol. The average Bonchev–Trinajstić information content (AvgIpc) is 2.77. The maximum Gasteiger partial charge on any atom is 0.284 e. The molecule has 31 heavy (non-hydrogen) atoms. The molecule has 0 aliphatic rings. The van der Waals surface area contributed by atoms with E-state index in [1.165, 1.54) is 35.9 Å². The van der Waals surface area contributed by atoms with Gasteiger partial charge in [-0.05, 0) is 61.7 Å². The van der Waals surface area contributed by atoms with Crippen molar-refractivity contribution in [1.82, 2.24) is 5.32 Å². The third kappa shape index (κ3) is 6.18. The van der Waals surface area contributed by atoms with Crippen molar-refractivity contribution in [3.8, 4) is 17.6 Å². The van der Waals surface area contributed by atoms with Crippen LogP contribution in [0.25, 0.3) is 0 Å². The summed E-state index contributed by atoms with van der Waals surface area (Å²) >= 11 is 0. The van der Waals surface area contributed by atoms with E-state index in [0.717, 1.165) is 12.8 Å². The van der Waals surface area contributed by atoms with E-state index in [2.05, 4.69) is 17.2 Å². The zero-order chi connectivity index (χ0) is 22.2. The second-order valence-corrected chi connectivity index (χ2v) is 7.18. The summed E-state index contributed by atoms with van der Waals surface area (Å²) in [5.74, 6) is 5.41. The average molecular weight is 414 g/mol. The van der Waals surface area contributed by atoms with Gasteiger partial charge in [-0.2, -0.15) is 0 Å². The number of rotatable bonds is 6. The molecular formula is C25H22N2O4. The van der Waals surface area contributed by atoms with Crippen LogP contribution < -0.4 is 5.32 Å². The van der Waals surface area contributed by atoms with Gasteiger partial charge in [-0.15, -0.1) is 0 Å². The van der Waals surface area contributed by atoms with Crippen LogP contribution in [0.1, 0.15) is 40.4 Å². The Hall–Kier alpha value is -4.11. The molecule has 0 saturated heterocycles. The fourth-order valence-electron chi connectivity index (χ4n) is 3.03. The molecule has 0 aliphatic heterocycles. The highest BCUT2D eigenvalue weighted by molar-refractivity contribution is 5.95. The van der Waals surface area contributed by atoms with E-state index in [0.29, 0.717) is 11.1 Å². The van der Waals surface area contributed by atoms with Crippen LogP contribution in [0.5, 0.6) is 5.75 Å². The van der Waals surface area contributed by atoms with Crippen molar-refractivity contribution in [3.63, 3.8) is 0 Å². The number of benzene rings is 3. The van der Waals surface area contributed by atoms with Gasteiger partial charge < -0.3 is 10.4 Å². The van der Waals surface area contributed by atoms with Crippen LogP contribution in [0.2, 0.25) is 0 Å². The van der Waals surface area contributed by atoms with Gasteiger partial charge in [0.1, 0.15) is 11.3 Å². The first-order valence-corrected chi connectivity index (χ1v) is 9.86. The Morgan fingerprint density at radius 3 is 2.45 bits per heavy atom. The zero-order valence-electron chi connectivity index (χ0n) is 17.0. The van der Waals surface area contributed by atoms with E-state index in [1.54, 1.807) is 12.1 Å². The van der Waals surface area contributed by atoms with Gasteiger partial charge in [0.05, 0.1) is 4.92 Å². The van der Waals surface area contributed by atoms with E-state index in [4.69, 9.17) is 0 Å². The number of carbonyl (C=O) groups is 1. The number of hydrogen-bond donors (Lipinski definition) is 2. The van der Waals surface area contributed by atoms with E-state index in [1.807, 2.05) is 37.3 Å². The van der Waals surface area contributed by atoms with Crippen LogP contribution in [-0.2, 0) is 6.42 Å². The molecule has 3 aromatic rings. The molecule has 6 heteroatoms. The predicted octanol–water partition coefficient (Wildman–Crippen LogP) is 4.45. The lowest BCUT2D eigenvalue weighted by Gasteiger charge is -2.14. The Labute approximate surface area is 180 Å². The normalized spacial score (nSPS) is 11.1. The van der Waals surface area contributed by atoms with Gasteiger partial charge in [0.25, 0.3) is 11.6 Å². The summed E-state index contributed by atoms with van der Waals surface area (Å²) in [6.07, 6.45) is 1.61. The van der Waals surface area contributed by atoms with Crippen molar-refractivity contribution in [2.24, 2.45) is 0 Å². The van der Waals surface area contributed by atoms with Crippen molar-refractivity contribution >= 4 is 11.6 Å². The van der Waals surface area contributed by atoms with E-state index in [-0.39, 0.29) is 28.9 Å². The van der Waals surface area contributed by atoms with Crippen molar-refractivity contribution < 1.29 is 14.8 Å². The Morgan fingerprint density at radius 1 is 1.06 bits per heavy atom. The molecule has 2 N–H and O–H groups in total. The number of nitro groups is 1. The second-order valence-electron chi connectivity index (χ2n) is 7.18. The molecule has 0 spiro atoms. The summed E-state index contributed by atoms with van der Waals surface area (Å²) in [4.78, 5) is 23.5. The first-order chi connectivity index (χ1) is 14.9. The number of aryl methyl sites for hydroxylation is 1. The number of nitro benzene ring substituents is 1. The summed E-state index contributed by atoms with van der Waals surface area (Å²) in [6, 6.07) is 20.3. The highest BCUT2D eigenvalue weighted by Crippen LogP contribution is 2.20. The summed E-state index contributed by atoms with van der Waals surface area (Å²) < 4.78 is 0. The highest BCUT2D eigenvalue weighted by Gasteiger charge is 2.17. The van der Waals surface area contributed by atoms with E-state index < -0.39 is 4.92 Å². The monoisotopic (exact) mass is 414 g/mol. The number of hydrogen-bond acceptors (Lipinski definition) is 4. The summed E-state index contributed by atoms with van der Waals surface area (Å²) in [5.41, 5.74) is 2.09. The Kier molecular flexibility index (Phi) is 7.02. The molecule has 3 aromatic carbocycles. The fraction of sp³-hybridized carbons (Fsp3) is 0.160. The lowest BCUT2D eigenvalue weighted by atomic mass is 10.0.